The number of nitrogens with one attached hydrogen (secondary N) is 2. The van der Waals surface area contributed by atoms with Gasteiger partial charge in [-0.05, 0) is 18.2 Å². The average Bonchev–Trinajstić information content (AvgIpc) is 2.78. The highest BCUT2D eigenvalue weighted by molar-refractivity contribution is 5.92. The Bertz CT molecular complexity index is 783. The number of aromatic amines is 1. The van der Waals surface area contributed by atoms with E-state index in [2.05, 4.69) is 16.4 Å². The first-order valence-corrected chi connectivity index (χ1v) is 5.82. The molecule has 0 aliphatic carbocycles. The molecule has 3 rings (SSSR count). The third kappa shape index (κ3) is 1.91. The first-order chi connectivity index (χ1) is 9.29. The molecule has 0 saturated heterocycles. The van der Waals surface area contributed by atoms with Crippen LogP contribution >= 0.6 is 0 Å². The van der Waals surface area contributed by atoms with E-state index in [1.165, 1.54) is 6.07 Å². The molecule has 19 heavy (non-hydrogen) atoms. The molecule has 3 nitrogen and oxygen atoms in total. The fraction of sp³-hybridized carbons (Fsp3) is 0. The zero-order chi connectivity index (χ0) is 13.2. The minimum atomic E-state index is -0.356. The Morgan fingerprint density at radius 3 is 2.58 bits per heavy atom. The molecule has 0 radical (unpaired) electrons. The van der Waals surface area contributed by atoms with Gasteiger partial charge in [-0.1, -0.05) is 30.3 Å². The molecular weight excluding hydrogens is 241 g/mol. The Balaban J connectivity index is 2.11. The zero-order valence-corrected chi connectivity index (χ0v) is 9.94. The van der Waals surface area contributed by atoms with E-state index in [0.29, 0.717) is 17.1 Å². The lowest BCUT2D eigenvalue weighted by atomic mass is 10.2. The summed E-state index contributed by atoms with van der Waals surface area (Å²) in [5.41, 5.74) is 1.67. The molecule has 92 valence electrons. The van der Waals surface area contributed by atoms with Crippen LogP contribution in [0, 0.1) is 17.1 Å². The van der Waals surface area contributed by atoms with Gasteiger partial charge < -0.3 is 10.3 Å². The summed E-state index contributed by atoms with van der Waals surface area (Å²) in [6.07, 6.45) is 0. The van der Waals surface area contributed by atoms with Gasteiger partial charge in [-0.25, -0.2) is 4.39 Å². The first kappa shape index (κ1) is 11.3. The van der Waals surface area contributed by atoms with Crippen molar-refractivity contribution in [1.29, 1.82) is 5.26 Å². The number of aromatic nitrogens is 1. The van der Waals surface area contributed by atoms with E-state index in [-0.39, 0.29) is 5.82 Å². The smallest absolute Gasteiger partial charge is 0.146 e. The number of halogens is 1. The average molecular weight is 251 g/mol. The fourth-order valence-corrected chi connectivity index (χ4v) is 2.05. The topological polar surface area (TPSA) is 51.6 Å². The molecule has 0 amide bonds. The van der Waals surface area contributed by atoms with Crippen LogP contribution in [0.4, 0.5) is 15.9 Å². The van der Waals surface area contributed by atoms with Gasteiger partial charge in [-0.2, -0.15) is 5.26 Å². The van der Waals surface area contributed by atoms with Crippen LogP contribution in [-0.2, 0) is 0 Å². The van der Waals surface area contributed by atoms with Crippen molar-refractivity contribution < 1.29 is 4.39 Å². The van der Waals surface area contributed by atoms with Crippen LogP contribution in [0.2, 0.25) is 0 Å². The number of benzene rings is 2. The number of para-hydroxylation sites is 2. The van der Waals surface area contributed by atoms with E-state index in [4.69, 9.17) is 0 Å². The molecule has 0 spiro atoms. The molecule has 0 bridgehead atoms. The second-order valence-corrected chi connectivity index (χ2v) is 4.14. The van der Waals surface area contributed by atoms with Crippen molar-refractivity contribution in [3.63, 3.8) is 0 Å². The molecule has 0 unspecified atom stereocenters. The number of anilines is 2. The Morgan fingerprint density at radius 2 is 1.79 bits per heavy atom. The number of H-pyrrole nitrogens is 1. The van der Waals surface area contributed by atoms with Gasteiger partial charge in [0.25, 0.3) is 0 Å². The van der Waals surface area contributed by atoms with E-state index in [1.54, 1.807) is 18.2 Å². The second kappa shape index (κ2) is 4.46. The van der Waals surface area contributed by atoms with Crippen LogP contribution in [0.5, 0.6) is 0 Å². The molecule has 4 heteroatoms. The van der Waals surface area contributed by atoms with Crippen LogP contribution < -0.4 is 5.32 Å². The van der Waals surface area contributed by atoms with Crippen molar-refractivity contribution in [2.45, 2.75) is 0 Å². The van der Waals surface area contributed by atoms with Gasteiger partial charge in [0.15, 0.2) is 0 Å². The van der Waals surface area contributed by atoms with Gasteiger partial charge in [-0.3, -0.25) is 0 Å². The SMILES string of the molecule is N#Cc1c(Nc2ccccc2F)[nH]c2ccccc12. The van der Waals surface area contributed by atoms with Crippen molar-refractivity contribution in [1.82, 2.24) is 4.98 Å². The van der Waals surface area contributed by atoms with Gasteiger partial charge in [0, 0.05) is 10.9 Å². The third-order valence-corrected chi connectivity index (χ3v) is 2.95. The highest BCUT2D eigenvalue weighted by Gasteiger charge is 2.11. The molecule has 2 aromatic carbocycles. The predicted octanol–water partition coefficient (Wildman–Crippen LogP) is 3.92. The highest BCUT2D eigenvalue weighted by Crippen LogP contribution is 2.28. The summed E-state index contributed by atoms with van der Waals surface area (Å²) >= 11 is 0. The van der Waals surface area contributed by atoms with Crippen LogP contribution in [-0.4, -0.2) is 4.98 Å². The van der Waals surface area contributed by atoms with Crippen LogP contribution in [0.1, 0.15) is 5.56 Å². The maximum atomic E-state index is 13.6. The van der Waals surface area contributed by atoms with E-state index in [9.17, 15) is 9.65 Å². The Kier molecular flexibility index (Phi) is 2.66. The normalized spacial score (nSPS) is 10.3. The third-order valence-electron chi connectivity index (χ3n) is 2.95. The molecule has 0 aliphatic rings. The quantitative estimate of drug-likeness (QED) is 0.725. The molecule has 0 aliphatic heterocycles. The van der Waals surface area contributed by atoms with E-state index in [1.807, 2.05) is 24.3 Å². The van der Waals surface area contributed by atoms with Crippen LogP contribution in [0.25, 0.3) is 10.9 Å². The second-order valence-electron chi connectivity index (χ2n) is 4.14. The number of fused-ring (bicyclic) bond motifs is 1. The van der Waals surface area contributed by atoms with Crippen molar-refractivity contribution in [3.05, 3.63) is 59.9 Å². The molecular formula is C15H10FN3. The molecule has 1 aromatic heterocycles. The maximum absolute atomic E-state index is 13.6. The molecule has 2 N–H and O–H groups in total. The minimum absolute atomic E-state index is 0.338. The van der Waals surface area contributed by atoms with Crippen molar-refractivity contribution in [2.75, 3.05) is 5.32 Å². The first-order valence-electron chi connectivity index (χ1n) is 5.82. The molecule has 0 saturated carbocycles. The standard InChI is InChI=1S/C15H10FN3/c16-12-6-2-4-8-14(12)19-15-11(9-17)10-5-1-3-7-13(10)18-15/h1-8,18-19H. The molecule has 0 fully saturated rings. The number of hydrogen-bond donors (Lipinski definition) is 2. The highest BCUT2D eigenvalue weighted by atomic mass is 19.1. The maximum Gasteiger partial charge on any atom is 0.146 e. The van der Waals surface area contributed by atoms with Crippen LogP contribution in [0.3, 0.4) is 0 Å². The van der Waals surface area contributed by atoms with E-state index in [0.717, 1.165) is 10.9 Å². The summed E-state index contributed by atoms with van der Waals surface area (Å²) in [5, 5.41) is 13.0. The van der Waals surface area contributed by atoms with E-state index >= 15 is 0 Å². The summed E-state index contributed by atoms with van der Waals surface area (Å²) in [4.78, 5) is 3.09. The predicted molar refractivity (Wildman–Crippen MR) is 72.7 cm³/mol. The van der Waals surface area contributed by atoms with Crippen molar-refractivity contribution >= 4 is 22.4 Å². The number of hydrogen-bond acceptors (Lipinski definition) is 2. The summed E-state index contributed by atoms with van der Waals surface area (Å²) < 4.78 is 13.6. The number of nitrogens with zero attached hydrogens (tertiary/aromatic N) is 1. The lowest BCUT2D eigenvalue weighted by molar-refractivity contribution is 0.632. The van der Waals surface area contributed by atoms with E-state index < -0.39 is 0 Å². The summed E-state index contributed by atoms with van der Waals surface area (Å²) in [5.74, 6) is 0.152. The monoisotopic (exact) mass is 251 g/mol. The molecule has 0 atom stereocenters. The Hall–Kier alpha value is -2.80. The van der Waals surface area contributed by atoms with Gasteiger partial charge in [0.2, 0.25) is 0 Å². The van der Waals surface area contributed by atoms with Gasteiger partial charge >= 0.3 is 0 Å². The lowest BCUT2D eigenvalue weighted by Crippen LogP contribution is -1.95. The summed E-state index contributed by atoms with van der Waals surface area (Å²) in [7, 11) is 0. The summed E-state index contributed by atoms with van der Waals surface area (Å²) in [6, 6.07) is 16.0. The van der Waals surface area contributed by atoms with Gasteiger partial charge in [0.05, 0.1) is 5.69 Å². The zero-order valence-electron chi connectivity index (χ0n) is 9.94. The Labute approximate surface area is 109 Å². The molecule has 3 aromatic rings. The largest absolute Gasteiger partial charge is 0.340 e. The fourth-order valence-electron chi connectivity index (χ4n) is 2.05. The summed E-state index contributed by atoms with van der Waals surface area (Å²) in [6.45, 7) is 0. The minimum Gasteiger partial charge on any atom is -0.340 e. The Morgan fingerprint density at radius 1 is 1.05 bits per heavy atom. The van der Waals surface area contributed by atoms with Gasteiger partial charge in [0.1, 0.15) is 23.3 Å². The molecule has 1 heterocycles. The lowest BCUT2D eigenvalue weighted by Gasteiger charge is -2.05. The van der Waals surface area contributed by atoms with Crippen LogP contribution in [0.15, 0.2) is 48.5 Å². The number of nitriles is 1. The van der Waals surface area contributed by atoms with Crippen molar-refractivity contribution in [3.8, 4) is 6.07 Å². The van der Waals surface area contributed by atoms with Crippen molar-refractivity contribution in [2.24, 2.45) is 0 Å². The van der Waals surface area contributed by atoms with Gasteiger partial charge in [-0.15, -0.1) is 0 Å². The number of rotatable bonds is 2.